The van der Waals surface area contributed by atoms with Gasteiger partial charge in [-0.2, -0.15) is 0 Å². The molecule has 1 aromatic carbocycles. The molecule has 0 aliphatic carbocycles. The van der Waals surface area contributed by atoms with Gasteiger partial charge in [0.2, 0.25) is 0 Å². The molecule has 5 nitrogen and oxygen atoms in total. The van der Waals surface area contributed by atoms with Crippen LogP contribution in [-0.2, 0) is 11.3 Å². The van der Waals surface area contributed by atoms with E-state index in [-0.39, 0.29) is 12.3 Å². The van der Waals surface area contributed by atoms with Crippen LogP contribution in [0.1, 0.15) is 21.6 Å². The Balaban J connectivity index is 2.06. The van der Waals surface area contributed by atoms with E-state index in [2.05, 4.69) is 4.98 Å². The number of nitrogens with two attached hydrogens (primary N) is 1. The number of hydrogen-bond acceptors (Lipinski definition) is 5. The predicted octanol–water partition coefficient (Wildman–Crippen LogP) is 2.34. The first kappa shape index (κ1) is 13.9. The Morgan fingerprint density at radius 2 is 2.10 bits per heavy atom. The van der Waals surface area contributed by atoms with Crippen molar-refractivity contribution < 1.29 is 14.3 Å². The first-order chi connectivity index (χ1) is 9.60. The number of rotatable bonds is 4. The zero-order valence-electron chi connectivity index (χ0n) is 11.4. The number of carbonyl (C=O) groups is 1. The van der Waals surface area contributed by atoms with Gasteiger partial charge in [-0.1, -0.05) is 11.6 Å². The number of carbonyl (C=O) groups excluding carboxylic acids is 1. The third kappa shape index (κ3) is 3.26. The first-order valence-corrected chi connectivity index (χ1v) is 6.12. The molecule has 2 N–H and O–H groups in total. The molecule has 0 aliphatic rings. The highest BCUT2D eigenvalue weighted by atomic mass is 16.5. The lowest BCUT2D eigenvalue weighted by Gasteiger charge is -2.10. The molecule has 20 heavy (non-hydrogen) atoms. The molecule has 0 fully saturated rings. The van der Waals surface area contributed by atoms with Gasteiger partial charge in [0.15, 0.2) is 0 Å². The second-order valence-electron chi connectivity index (χ2n) is 4.37. The Bertz CT molecular complexity index is 609. The number of anilines is 1. The predicted molar refractivity (Wildman–Crippen MR) is 75.5 cm³/mol. The maximum atomic E-state index is 11.8. The number of aromatic nitrogens is 1. The molecule has 5 heteroatoms. The van der Waals surface area contributed by atoms with Crippen LogP contribution in [0.4, 0.5) is 5.69 Å². The van der Waals surface area contributed by atoms with Gasteiger partial charge in [-0.15, -0.1) is 0 Å². The van der Waals surface area contributed by atoms with Crippen molar-refractivity contribution in [3.05, 3.63) is 53.3 Å². The van der Waals surface area contributed by atoms with E-state index >= 15 is 0 Å². The van der Waals surface area contributed by atoms with Crippen LogP contribution in [0.5, 0.6) is 5.75 Å². The van der Waals surface area contributed by atoms with Crippen LogP contribution < -0.4 is 10.5 Å². The molecule has 104 valence electrons. The van der Waals surface area contributed by atoms with Gasteiger partial charge in [0.25, 0.3) is 0 Å². The molecule has 0 bridgehead atoms. The Kier molecular flexibility index (Phi) is 4.20. The lowest BCUT2D eigenvalue weighted by molar-refractivity contribution is 0.0463. The smallest absolute Gasteiger partial charge is 0.357 e. The van der Waals surface area contributed by atoms with E-state index in [9.17, 15) is 4.79 Å². The van der Waals surface area contributed by atoms with Crippen LogP contribution in [-0.4, -0.2) is 18.1 Å². The molecular formula is C15H16N2O3. The van der Waals surface area contributed by atoms with Crippen molar-refractivity contribution >= 4 is 11.7 Å². The van der Waals surface area contributed by atoms with Crippen molar-refractivity contribution in [1.29, 1.82) is 0 Å². The summed E-state index contributed by atoms with van der Waals surface area (Å²) in [5.74, 6) is 0.197. The molecule has 0 atom stereocenters. The lowest BCUT2D eigenvalue weighted by atomic mass is 10.1. The van der Waals surface area contributed by atoms with E-state index in [1.807, 2.05) is 25.1 Å². The molecule has 2 rings (SSSR count). The molecule has 0 unspecified atom stereocenters. The summed E-state index contributed by atoms with van der Waals surface area (Å²) in [6.07, 6.45) is 1.42. The van der Waals surface area contributed by atoms with Crippen LogP contribution >= 0.6 is 0 Å². The number of ether oxygens (including phenoxy) is 2. The van der Waals surface area contributed by atoms with Gasteiger partial charge in [-0.3, -0.25) is 0 Å². The van der Waals surface area contributed by atoms with Crippen LogP contribution in [0.15, 0.2) is 36.5 Å². The number of nitrogens with zero attached hydrogens (tertiary/aromatic N) is 1. The Hall–Kier alpha value is -2.56. The van der Waals surface area contributed by atoms with E-state index in [0.717, 1.165) is 11.1 Å². The molecule has 1 heterocycles. The number of esters is 1. The summed E-state index contributed by atoms with van der Waals surface area (Å²) in [7, 11) is 1.58. The molecule has 0 amide bonds. The summed E-state index contributed by atoms with van der Waals surface area (Å²) in [6, 6.07) is 8.84. The quantitative estimate of drug-likeness (QED) is 0.865. The van der Waals surface area contributed by atoms with E-state index in [1.165, 1.54) is 12.3 Å². The van der Waals surface area contributed by atoms with Crippen molar-refractivity contribution in [2.24, 2.45) is 0 Å². The van der Waals surface area contributed by atoms with Gasteiger partial charge in [0.1, 0.15) is 18.1 Å². The summed E-state index contributed by atoms with van der Waals surface area (Å²) in [6.45, 7) is 2.10. The minimum absolute atomic E-state index is 0.135. The number of hydrogen-bond donors (Lipinski definition) is 1. The van der Waals surface area contributed by atoms with Crippen molar-refractivity contribution in [2.75, 3.05) is 12.8 Å². The summed E-state index contributed by atoms with van der Waals surface area (Å²) in [4.78, 5) is 15.8. The van der Waals surface area contributed by atoms with Crippen molar-refractivity contribution in [3.63, 3.8) is 0 Å². The van der Waals surface area contributed by atoms with Gasteiger partial charge in [-0.25, -0.2) is 9.78 Å². The zero-order valence-corrected chi connectivity index (χ0v) is 11.4. The normalized spacial score (nSPS) is 10.1. The summed E-state index contributed by atoms with van der Waals surface area (Å²) >= 11 is 0. The fourth-order valence-corrected chi connectivity index (χ4v) is 1.76. The molecule has 0 aliphatic heterocycles. The topological polar surface area (TPSA) is 74.4 Å². The zero-order chi connectivity index (χ0) is 14.5. The van der Waals surface area contributed by atoms with Crippen LogP contribution in [0.3, 0.4) is 0 Å². The van der Waals surface area contributed by atoms with Crippen LogP contribution in [0, 0.1) is 6.92 Å². The van der Waals surface area contributed by atoms with E-state index in [4.69, 9.17) is 15.2 Å². The number of methoxy groups -OCH3 is 1. The fourth-order valence-electron chi connectivity index (χ4n) is 1.76. The van der Waals surface area contributed by atoms with Gasteiger partial charge < -0.3 is 15.2 Å². The highest BCUT2D eigenvalue weighted by Gasteiger charge is 2.11. The standard InChI is InChI=1S/C15H16N2O3/c1-10-3-6-14(19-2)11(7-10)9-20-15(18)13-5-4-12(16)8-17-13/h3-8H,9,16H2,1-2H3. The SMILES string of the molecule is COc1ccc(C)cc1COC(=O)c1ccc(N)cn1. The monoisotopic (exact) mass is 272 g/mol. The van der Waals surface area contributed by atoms with Crippen LogP contribution in [0.2, 0.25) is 0 Å². The maximum Gasteiger partial charge on any atom is 0.357 e. The lowest BCUT2D eigenvalue weighted by Crippen LogP contribution is -2.08. The third-order valence-corrected chi connectivity index (χ3v) is 2.79. The molecule has 0 radical (unpaired) electrons. The summed E-state index contributed by atoms with van der Waals surface area (Å²) in [5, 5.41) is 0. The maximum absolute atomic E-state index is 11.8. The fraction of sp³-hybridized carbons (Fsp3) is 0.200. The van der Waals surface area contributed by atoms with Gasteiger partial charge in [0.05, 0.1) is 19.0 Å². The second-order valence-corrected chi connectivity index (χ2v) is 4.37. The van der Waals surface area contributed by atoms with E-state index in [1.54, 1.807) is 13.2 Å². The van der Waals surface area contributed by atoms with Crippen LogP contribution in [0.25, 0.3) is 0 Å². The molecule has 2 aromatic rings. The highest BCUT2D eigenvalue weighted by Crippen LogP contribution is 2.20. The van der Waals surface area contributed by atoms with Gasteiger partial charge in [0, 0.05) is 5.56 Å². The van der Waals surface area contributed by atoms with Crippen molar-refractivity contribution in [3.8, 4) is 5.75 Å². The molecular weight excluding hydrogens is 256 g/mol. The number of benzene rings is 1. The number of nitrogen functional groups attached to an aromatic ring is 1. The Morgan fingerprint density at radius 3 is 2.75 bits per heavy atom. The average Bonchev–Trinajstić information content (AvgIpc) is 2.45. The third-order valence-electron chi connectivity index (χ3n) is 2.79. The molecule has 1 aromatic heterocycles. The van der Waals surface area contributed by atoms with Gasteiger partial charge >= 0.3 is 5.97 Å². The first-order valence-electron chi connectivity index (χ1n) is 6.12. The van der Waals surface area contributed by atoms with E-state index < -0.39 is 5.97 Å². The summed E-state index contributed by atoms with van der Waals surface area (Å²) in [5.41, 5.74) is 8.13. The Labute approximate surface area is 117 Å². The average molecular weight is 272 g/mol. The highest BCUT2D eigenvalue weighted by molar-refractivity contribution is 5.87. The largest absolute Gasteiger partial charge is 0.496 e. The van der Waals surface area contributed by atoms with Crippen molar-refractivity contribution in [2.45, 2.75) is 13.5 Å². The number of pyridine rings is 1. The minimum atomic E-state index is -0.492. The van der Waals surface area contributed by atoms with Gasteiger partial charge in [-0.05, 0) is 31.2 Å². The molecule has 0 saturated heterocycles. The number of aryl methyl sites for hydroxylation is 1. The molecule has 0 saturated carbocycles. The van der Waals surface area contributed by atoms with E-state index in [0.29, 0.717) is 11.4 Å². The Morgan fingerprint density at radius 1 is 1.30 bits per heavy atom. The minimum Gasteiger partial charge on any atom is -0.496 e. The van der Waals surface area contributed by atoms with Crippen molar-refractivity contribution in [1.82, 2.24) is 4.98 Å². The summed E-state index contributed by atoms with van der Waals surface area (Å²) < 4.78 is 10.5. The molecule has 0 spiro atoms. The second kappa shape index (κ2) is 6.06.